The summed E-state index contributed by atoms with van der Waals surface area (Å²) >= 11 is 0. The molecule has 1 aromatic carbocycles. The highest BCUT2D eigenvalue weighted by Gasteiger charge is 2.39. The Balaban J connectivity index is 1.89. The average Bonchev–Trinajstić information content (AvgIpc) is 2.78. The van der Waals surface area contributed by atoms with Crippen LogP contribution >= 0.6 is 0 Å². The van der Waals surface area contributed by atoms with E-state index in [1.807, 2.05) is 31.2 Å². The van der Waals surface area contributed by atoms with Crippen LogP contribution in [0.25, 0.3) is 10.9 Å². The Bertz CT molecular complexity index is 632. The molecule has 0 bridgehead atoms. The molecule has 4 N–H and O–H groups in total. The molecule has 0 spiro atoms. The van der Waals surface area contributed by atoms with E-state index in [2.05, 4.69) is 10.3 Å². The van der Waals surface area contributed by atoms with E-state index in [1.165, 1.54) is 0 Å². The van der Waals surface area contributed by atoms with Crippen LogP contribution in [0.5, 0.6) is 0 Å². The molecule has 1 saturated heterocycles. The second-order valence-electron chi connectivity index (χ2n) is 5.33. The molecular weight excluding hydrogens is 254 g/mol. The van der Waals surface area contributed by atoms with Gasteiger partial charge in [0, 0.05) is 25.0 Å². The standard InChI is InChI=1S/C15H19N3O2/c1-10-15(19,6-7-20-10)9-18-14-11-4-2-3-5-13(11)17-8-12(14)16/h2-5,8,10,19H,6-7,9,16H2,1H3,(H,17,18). The summed E-state index contributed by atoms with van der Waals surface area (Å²) in [5, 5.41) is 14.8. The molecule has 20 heavy (non-hydrogen) atoms. The summed E-state index contributed by atoms with van der Waals surface area (Å²) in [5.74, 6) is 0. The second-order valence-corrected chi connectivity index (χ2v) is 5.33. The number of anilines is 2. The van der Waals surface area contributed by atoms with Gasteiger partial charge in [-0.2, -0.15) is 0 Å². The summed E-state index contributed by atoms with van der Waals surface area (Å²) in [4.78, 5) is 4.30. The fourth-order valence-corrected chi connectivity index (χ4v) is 2.60. The zero-order valence-electron chi connectivity index (χ0n) is 11.5. The number of benzene rings is 1. The van der Waals surface area contributed by atoms with Gasteiger partial charge in [-0.1, -0.05) is 18.2 Å². The van der Waals surface area contributed by atoms with Gasteiger partial charge in [0.05, 0.1) is 29.2 Å². The highest BCUT2D eigenvalue weighted by atomic mass is 16.5. The number of aliphatic hydroxyl groups is 1. The van der Waals surface area contributed by atoms with Crippen LogP contribution in [0, 0.1) is 0 Å². The quantitative estimate of drug-likeness (QED) is 0.794. The molecule has 2 atom stereocenters. The van der Waals surface area contributed by atoms with Crippen molar-refractivity contribution in [2.45, 2.75) is 25.0 Å². The maximum atomic E-state index is 10.5. The summed E-state index contributed by atoms with van der Waals surface area (Å²) in [6, 6.07) is 7.80. The van der Waals surface area contributed by atoms with Gasteiger partial charge in [-0.25, -0.2) is 0 Å². The van der Waals surface area contributed by atoms with Gasteiger partial charge in [0.2, 0.25) is 0 Å². The molecule has 0 radical (unpaired) electrons. The number of nitrogens with one attached hydrogen (secondary N) is 1. The Labute approximate surface area is 117 Å². The van der Waals surface area contributed by atoms with Gasteiger partial charge in [-0.05, 0) is 13.0 Å². The number of hydrogen-bond acceptors (Lipinski definition) is 5. The average molecular weight is 273 g/mol. The van der Waals surface area contributed by atoms with Crippen LogP contribution in [0.3, 0.4) is 0 Å². The molecule has 0 aliphatic carbocycles. The van der Waals surface area contributed by atoms with Gasteiger partial charge in [0.25, 0.3) is 0 Å². The maximum Gasteiger partial charge on any atom is 0.110 e. The molecule has 5 nitrogen and oxygen atoms in total. The number of nitrogens with two attached hydrogens (primary N) is 1. The van der Waals surface area contributed by atoms with Crippen LogP contribution in [0.2, 0.25) is 0 Å². The van der Waals surface area contributed by atoms with Crippen molar-refractivity contribution in [2.75, 3.05) is 24.2 Å². The second kappa shape index (κ2) is 4.92. The van der Waals surface area contributed by atoms with Crippen molar-refractivity contribution < 1.29 is 9.84 Å². The maximum absolute atomic E-state index is 10.5. The van der Waals surface area contributed by atoms with E-state index < -0.39 is 5.60 Å². The molecule has 2 unspecified atom stereocenters. The predicted octanol–water partition coefficient (Wildman–Crippen LogP) is 1.77. The molecule has 1 fully saturated rings. The number of para-hydroxylation sites is 1. The van der Waals surface area contributed by atoms with E-state index in [1.54, 1.807) is 6.20 Å². The third-order valence-corrected chi connectivity index (χ3v) is 4.04. The minimum Gasteiger partial charge on any atom is -0.396 e. The lowest BCUT2D eigenvalue weighted by Gasteiger charge is -2.27. The third kappa shape index (κ3) is 2.19. The van der Waals surface area contributed by atoms with Crippen LogP contribution in [0.15, 0.2) is 30.5 Å². The molecule has 0 saturated carbocycles. The Kier molecular flexibility index (Phi) is 3.23. The number of nitrogen functional groups attached to an aromatic ring is 1. The molecule has 106 valence electrons. The molecule has 3 rings (SSSR count). The SMILES string of the molecule is CC1OCCC1(O)CNc1c(N)cnc2ccccc12. The van der Waals surface area contributed by atoms with Crippen LogP contribution in [0.4, 0.5) is 11.4 Å². The van der Waals surface area contributed by atoms with Crippen molar-refractivity contribution in [1.82, 2.24) is 4.98 Å². The van der Waals surface area contributed by atoms with Crippen molar-refractivity contribution in [2.24, 2.45) is 0 Å². The Morgan fingerprint density at radius 2 is 2.30 bits per heavy atom. The zero-order valence-corrected chi connectivity index (χ0v) is 11.5. The van der Waals surface area contributed by atoms with Crippen LogP contribution < -0.4 is 11.1 Å². The Morgan fingerprint density at radius 1 is 1.50 bits per heavy atom. The van der Waals surface area contributed by atoms with E-state index in [4.69, 9.17) is 10.5 Å². The summed E-state index contributed by atoms with van der Waals surface area (Å²) in [5.41, 5.74) is 7.45. The molecule has 1 aromatic heterocycles. The summed E-state index contributed by atoms with van der Waals surface area (Å²) in [6.45, 7) is 2.89. The number of pyridine rings is 1. The number of hydrogen-bond donors (Lipinski definition) is 3. The van der Waals surface area contributed by atoms with E-state index in [0.29, 0.717) is 25.3 Å². The van der Waals surface area contributed by atoms with Crippen molar-refractivity contribution in [3.05, 3.63) is 30.5 Å². The van der Waals surface area contributed by atoms with E-state index in [0.717, 1.165) is 16.6 Å². The van der Waals surface area contributed by atoms with Crippen LogP contribution in [-0.4, -0.2) is 34.9 Å². The van der Waals surface area contributed by atoms with E-state index >= 15 is 0 Å². The van der Waals surface area contributed by atoms with Crippen LogP contribution in [-0.2, 0) is 4.74 Å². The number of nitrogens with zero attached hydrogens (tertiary/aromatic N) is 1. The molecule has 1 aliphatic rings. The summed E-state index contributed by atoms with van der Waals surface area (Å²) in [7, 11) is 0. The number of fused-ring (bicyclic) bond motifs is 1. The van der Waals surface area contributed by atoms with Gasteiger partial charge in [0.1, 0.15) is 5.60 Å². The fraction of sp³-hybridized carbons (Fsp3) is 0.400. The topological polar surface area (TPSA) is 80.4 Å². The largest absolute Gasteiger partial charge is 0.396 e. The van der Waals surface area contributed by atoms with Gasteiger partial charge < -0.3 is 20.9 Å². The molecule has 2 aromatic rings. The summed E-state index contributed by atoms with van der Waals surface area (Å²) in [6.07, 6.45) is 2.09. The van der Waals surface area contributed by atoms with Gasteiger partial charge in [-0.3, -0.25) is 4.98 Å². The number of aromatic nitrogens is 1. The van der Waals surface area contributed by atoms with E-state index in [9.17, 15) is 5.11 Å². The lowest BCUT2D eigenvalue weighted by molar-refractivity contribution is -0.0175. The molecular formula is C15H19N3O2. The number of ether oxygens (including phenoxy) is 1. The first kappa shape index (κ1) is 13.1. The minimum absolute atomic E-state index is 0.177. The first-order valence-corrected chi connectivity index (χ1v) is 6.81. The lowest BCUT2D eigenvalue weighted by atomic mass is 9.96. The smallest absolute Gasteiger partial charge is 0.110 e. The first-order chi connectivity index (χ1) is 9.60. The third-order valence-electron chi connectivity index (χ3n) is 4.04. The van der Waals surface area contributed by atoms with Crippen molar-refractivity contribution >= 4 is 22.3 Å². The zero-order chi connectivity index (χ0) is 14.2. The monoisotopic (exact) mass is 273 g/mol. The normalized spacial score (nSPS) is 26.0. The predicted molar refractivity (Wildman–Crippen MR) is 79.6 cm³/mol. The molecule has 2 heterocycles. The highest BCUT2D eigenvalue weighted by Crippen LogP contribution is 2.30. The van der Waals surface area contributed by atoms with E-state index in [-0.39, 0.29) is 6.10 Å². The van der Waals surface area contributed by atoms with Crippen molar-refractivity contribution in [1.29, 1.82) is 0 Å². The number of rotatable bonds is 3. The van der Waals surface area contributed by atoms with Crippen LogP contribution in [0.1, 0.15) is 13.3 Å². The Hall–Kier alpha value is -1.85. The highest BCUT2D eigenvalue weighted by molar-refractivity contribution is 5.96. The fourth-order valence-electron chi connectivity index (χ4n) is 2.60. The van der Waals surface area contributed by atoms with Gasteiger partial charge >= 0.3 is 0 Å². The van der Waals surface area contributed by atoms with Crippen molar-refractivity contribution in [3.8, 4) is 0 Å². The van der Waals surface area contributed by atoms with Gasteiger partial charge in [0.15, 0.2) is 0 Å². The Morgan fingerprint density at radius 3 is 3.05 bits per heavy atom. The molecule has 1 aliphatic heterocycles. The lowest BCUT2D eigenvalue weighted by Crippen LogP contribution is -2.43. The minimum atomic E-state index is -0.850. The van der Waals surface area contributed by atoms with Gasteiger partial charge in [-0.15, -0.1) is 0 Å². The molecule has 0 amide bonds. The van der Waals surface area contributed by atoms with Crippen molar-refractivity contribution in [3.63, 3.8) is 0 Å². The first-order valence-electron chi connectivity index (χ1n) is 6.81. The summed E-state index contributed by atoms with van der Waals surface area (Å²) < 4.78 is 5.44. The molecule has 5 heteroatoms.